The van der Waals surface area contributed by atoms with E-state index in [-0.39, 0.29) is 5.56 Å². The van der Waals surface area contributed by atoms with Gasteiger partial charge in [-0.2, -0.15) is 0 Å². The minimum Gasteiger partial charge on any atom is -0.326 e. The smallest absolute Gasteiger partial charge is 0.255 e. The van der Waals surface area contributed by atoms with E-state index in [0.717, 1.165) is 30.8 Å². The summed E-state index contributed by atoms with van der Waals surface area (Å²) in [6.45, 7) is 0.731. The Morgan fingerprint density at radius 1 is 1.04 bits per heavy atom. The van der Waals surface area contributed by atoms with Gasteiger partial charge < -0.3 is 10.2 Å². The van der Waals surface area contributed by atoms with Gasteiger partial charge >= 0.3 is 0 Å². The van der Waals surface area contributed by atoms with E-state index < -0.39 is 29.0 Å². The van der Waals surface area contributed by atoms with E-state index in [4.69, 9.17) is 0 Å². The van der Waals surface area contributed by atoms with Gasteiger partial charge in [-0.15, -0.1) is 0 Å². The summed E-state index contributed by atoms with van der Waals surface area (Å²) in [7, 11) is 0. The third kappa shape index (κ3) is 3.12. The number of nitrogens with zero attached hydrogens (tertiary/aromatic N) is 2. The van der Waals surface area contributed by atoms with E-state index in [1.165, 1.54) is 17.8 Å². The lowest BCUT2D eigenvalue weighted by molar-refractivity contribution is 0.102. The number of carbonyl (C=O) groups excluding carboxylic acids is 1. The summed E-state index contributed by atoms with van der Waals surface area (Å²) in [4.78, 5) is 18.7. The van der Waals surface area contributed by atoms with Gasteiger partial charge in [-0.3, -0.25) is 4.79 Å². The third-order valence-corrected chi connectivity index (χ3v) is 4.45. The van der Waals surface area contributed by atoms with Gasteiger partial charge in [0, 0.05) is 24.0 Å². The van der Waals surface area contributed by atoms with E-state index in [9.17, 15) is 18.0 Å². The number of fused-ring (bicyclic) bond motifs is 1. The summed E-state index contributed by atoms with van der Waals surface area (Å²) < 4.78 is 40.1. The number of rotatable bonds is 3. The summed E-state index contributed by atoms with van der Waals surface area (Å²) >= 11 is 0. The normalized spacial score (nSPS) is 12.8. The standard InChI is InChI=1S/C20H14F3N3O/c21-14-5-6-15(19(23)18(14)22)25-20(27)13-7-9-24-17(11-13)26-10-8-12-3-1-2-4-16(12)26/h1-7,9,11H,8,10H2,(H,25,27). The van der Waals surface area contributed by atoms with Crippen molar-refractivity contribution in [2.24, 2.45) is 0 Å². The molecule has 0 spiro atoms. The van der Waals surface area contributed by atoms with E-state index >= 15 is 0 Å². The molecule has 1 aliphatic rings. The second kappa shape index (κ2) is 6.75. The van der Waals surface area contributed by atoms with Gasteiger partial charge in [-0.25, -0.2) is 18.2 Å². The van der Waals surface area contributed by atoms with Crippen LogP contribution in [0.2, 0.25) is 0 Å². The molecule has 0 unspecified atom stereocenters. The lowest BCUT2D eigenvalue weighted by Gasteiger charge is -2.18. The number of halogens is 3. The van der Waals surface area contributed by atoms with Gasteiger partial charge in [0.15, 0.2) is 17.5 Å². The van der Waals surface area contributed by atoms with Gasteiger partial charge in [0.25, 0.3) is 5.91 Å². The summed E-state index contributed by atoms with van der Waals surface area (Å²) in [5, 5.41) is 2.26. The highest BCUT2D eigenvalue weighted by atomic mass is 19.2. The molecule has 4 nitrogen and oxygen atoms in total. The number of amides is 1. The van der Waals surface area contributed by atoms with E-state index in [1.54, 1.807) is 6.07 Å². The molecule has 27 heavy (non-hydrogen) atoms. The molecule has 4 rings (SSSR count). The number of pyridine rings is 1. The Morgan fingerprint density at radius 3 is 2.70 bits per heavy atom. The number of aromatic nitrogens is 1. The van der Waals surface area contributed by atoms with Crippen molar-refractivity contribution >= 4 is 23.1 Å². The minimum absolute atomic E-state index is 0.230. The van der Waals surface area contributed by atoms with Crippen LogP contribution in [0.4, 0.5) is 30.4 Å². The predicted octanol–water partition coefficient (Wildman–Crippen LogP) is 4.45. The zero-order valence-corrected chi connectivity index (χ0v) is 14.0. The van der Waals surface area contributed by atoms with Crippen LogP contribution < -0.4 is 10.2 Å². The number of hydrogen-bond donors (Lipinski definition) is 1. The van der Waals surface area contributed by atoms with E-state index in [0.29, 0.717) is 5.82 Å². The van der Waals surface area contributed by atoms with Gasteiger partial charge in [0.1, 0.15) is 5.82 Å². The molecule has 7 heteroatoms. The highest BCUT2D eigenvalue weighted by molar-refractivity contribution is 6.04. The molecule has 0 saturated heterocycles. The lowest BCUT2D eigenvalue weighted by atomic mass is 10.2. The Morgan fingerprint density at radius 2 is 1.85 bits per heavy atom. The first kappa shape index (κ1) is 17.1. The summed E-state index contributed by atoms with van der Waals surface area (Å²) in [5.74, 6) is -4.44. The van der Waals surface area contributed by atoms with Crippen molar-refractivity contribution < 1.29 is 18.0 Å². The van der Waals surface area contributed by atoms with Crippen LogP contribution in [0.1, 0.15) is 15.9 Å². The molecule has 1 aliphatic heterocycles. The maximum Gasteiger partial charge on any atom is 0.255 e. The average molecular weight is 369 g/mol. The molecule has 1 N–H and O–H groups in total. The fraction of sp³-hybridized carbons (Fsp3) is 0.100. The van der Waals surface area contributed by atoms with Gasteiger partial charge in [0.2, 0.25) is 0 Å². The minimum atomic E-state index is -1.63. The van der Waals surface area contributed by atoms with Gasteiger partial charge in [-0.05, 0) is 42.3 Å². The molecule has 2 aromatic carbocycles. The largest absolute Gasteiger partial charge is 0.326 e. The van der Waals surface area contributed by atoms with Crippen LogP contribution in [0.5, 0.6) is 0 Å². The van der Waals surface area contributed by atoms with Crippen LogP contribution in [0.15, 0.2) is 54.7 Å². The molecule has 2 heterocycles. The van der Waals surface area contributed by atoms with Crippen molar-refractivity contribution in [3.63, 3.8) is 0 Å². The first-order valence-electron chi connectivity index (χ1n) is 8.31. The molecular weight excluding hydrogens is 355 g/mol. The van der Waals surface area contributed by atoms with Crippen LogP contribution >= 0.6 is 0 Å². The number of anilines is 3. The molecule has 0 fully saturated rings. The van der Waals surface area contributed by atoms with Crippen LogP contribution in [0.25, 0.3) is 0 Å². The molecule has 1 amide bonds. The van der Waals surface area contributed by atoms with Crippen LogP contribution in [0, 0.1) is 17.5 Å². The summed E-state index contributed by atoms with van der Waals surface area (Å²) in [5.41, 5.74) is 2.02. The predicted molar refractivity (Wildman–Crippen MR) is 95.7 cm³/mol. The summed E-state index contributed by atoms with van der Waals surface area (Å²) in [6.07, 6.45) is 2.35. The van der Waals surface area contributed by atoms with Crippen molar-refractivity contribution in [3.8, 4) is 0 Å². The van der Waals surface area contributed by atoms with Crippen molar-refractivity contribution in [3.05, 3.63) is 83.3 Å². The highest BCUT2D eigenvalue weighted by Crippen LogP contribution is 2.33. The fourth-order valence-corrected chi connectivity index (χ4v) is 3.10. The fourth-order valence-electron chi connectivity index (χ4n) is 3.10. The van der Waals surface area contributed by atoms with Gasteiger partial charge in [0.05, 0.1) is 5.69 Å². The Kier molecular flexibility index (Phi) is 4.27. The average Bonchev–Trinajstić information content (AvgIpc) is 3.12. The Labute approximate surface area is 153 Å². The van der Waals surface area contributed by atoms with E-state index in [2.05, 4.69) is 10.3 Å². The van der Waals surface area contributed by atoms with Gasteiger partial charge in [-0.1, -0.05) is 18.2 Å². The third-order valence-electron chi connectivity index (χ3n) is 4.45. The van der Waals surface area contributed by atoms with E-state index in [1.807, 2.05) is 29.2 Å². The molecule has 0 atom stereocenters. The Hall–Kier alpha value is -3.35. The molecule has 0 radical (unpaired) electrons. The zero-order chi connectivity index (χ0) is 19.0. The second-order valence-electron chi connectivity index (χ2n) is 6.11. The maximum absolute atomic E-state index is 13.8. The number of nitrogens with one attached hydrogen (secondary N) is 1. The molecule has 0 aliphatic carbocycles. The molecule has 0 saturated carbocycles. The van der Waals surface area contributed by atoms with Crippen LogP contribution in [-0.2, 0) is 6.42 Å². The number of para-hydroxylation sites is 1. The first-order valence-corrected chi connectivity index (χ1v) is 8.31. The van der Waals surface area contributed by atoms with Crippen molar-refractivity contribution in [2.75, 3.05) is 16.8 Å². The quantitative estimate of drug-likeness (QED) is 0.694. The molecule has 1 aromatic heterocycles. The topological polar surface area (TPSA) is 45.2 Å². The lowest BCUT2D eigenvalue weighted by Crippen LogP contribution is -2.18. The monoisotopic (exact) mass is 369 g/mol. The summed E-state index contributed by atoms with van der Waals surface area (Å²) in [6, 6.07) is 12.7. The zero-order valence-electron chi connectivity index (χ0n) is 14.0. The van der Waals surface area contributed by atoms with Crippen molar-refractivity contribution in [1.29, 1.82) is 0 Å². The molecule has 136 valence electrons. The Balaban J connectivity index is 1.60. The SMILES string of the molecule is O=C(Nc1ccc(F)c(F)c1F)c1ccnc(N2CCc3ccccc32)c1. The number of hydrogen-bond acceptors (Lipinski definition) is 3. The Bertz CT molecular complexity index is 1040. The number of benzene rings is 2. The maximum atomic E-state index is 13.8. The van der Waals surface area contributed by atoms with Crippen molar-refractivity contribution in [1.82, 2.24) is 4.98 Å². The molecule has 0 bridgehead atoms. The van der Waals surface area contributed by atoms with Crippen LogP contribution in [-0.4, -0.2) is 17.4 Å². The first-order chi connectivity index (χ1) is 13.0. The second-order valence-corrected chi connectivity index (χ2v) is 6.11. The molecular formula is C20H14F3N3O. The highest BCUT2D eigenvalue weighted by Gasteiger charge is 2.22. The van der Waals surface area contributed by atoms with Crippen molar-refractivity contribution in [2.45, 2.75) is 6.42 Å². The van der Waals surface area contributed by atoms with Crippen LogP contribution in [0.3, 0.4) is 0 Å². The number of carbonyl (C=O) groups is 1. The molecule has 3 aromatic rings.